The number of nitrogens with one attached hydrogen (secondary N) is 1. The molecule has 8 heteroatoms. The lowest BCUT2D eigenvalue weighted by Gasteiger charge is -2.37. The number of likely N-dealkylation sites (tertiary alicyclic amines) is 1. The van der Waals surface area contributed by atoms with Gasteiger partial charge in [-0.25, -0.2) is 0 Å². The molecule has 2 heterocycles. The van der Waals surface area contributed by atoms with Crippen molar-refractivity contribution in [1.29, 1.82) is 5.26 Å². The van der Waals surface area contributed by atoms with Crippen LogP contribution in [0, 0.1) is 11.3 Å². The monoisotopic (exact) mass is 406 g/mol. The quantitative estimate of drug-likeness (QED) is 0.728. The number of methoxy groups -OCH3 is 1. The number of nitrogen functional groups attached to an aromatic ring is 1. The molecule has 0 aliphatic carbocycles. The van der Waals surface area contributed by atoms with Gasteiger partial charge in [0, 0.05) is 45.1 Å². The molecule has 7 nitrogen and oxygen atoms in total. The average molecular weight is 407 g/mol. The fourth-order valence-electron chi connectivity index (χ4n) is 3.94. The third-order valence-electron chi connectivity index (χ3n) is 5.40. The van der Waals surface area contributed by atoms with Crippen molar-refractivity contribution in [2.75, 3.05) is 32.5 Å². The van der Waals surface area contributed by atoms with E-state index in [1.165, 1.54) is 0 Å². The van der Waals surface area contributed by atoms with Gasteiger partial charge in [-0.15, -0.1) is 0 Å². The van der Waals surface area contributed by atoms with Gasteiger partial charge < -0.3 is 20.5 Å². The maximum Gasteiger partial charge on any atom is 0.255 e. The Morgan fingerprint density at radius 2 is 2.32 bits per heavy atom. The minimum absolute atomic E-state index is 0.128. The zero-order chi connectivity index (χ0) is 20.5. The number of nitriles is 1. The van der Waals surface area contributed by atoms with Crippen molar-refractivity contribution in [3.8, 4) is 11.8 Å². The summed E-state index contributed by atoms with van der Waals surface area (Å²) in [5, 5.41) is 12.2. The number of carbonyl (C=O) groups is 1. The summed E-state index contributed by atoms with van der Waals surface area (Å²) in [7, 11) is 1.64. The van der Waals surface area contributed by atoms with E-state index in [9.17, 15) is 4.79 Å². The van der Waals surface area contributed by atoms with Crippen molar-refractivity contribution in [1.82, 2.24) is 10.2 Å². The molecule has 2 aliphatic rings. The van der Waals surface area contributed by atoms with E-state index in [1.54, 1.807) is 13.2 Å². The predicted octanol–water partition coefficient (Wildman–Crippen LogP) is 2.37. The molecule has 0 bridgehead atoms. The number of ether oxygens (including phenoxy) is 2. The van der Waals surface area contributed by atoms with Crippen LogP contribution in [0.5, 0.6) is 5.75 Å². The first-order valence-electron chi connectivity index (χ1n) is 9.48. The van der Waals surface area contributed by atoms with Crippen molar-refractivity contribution in [2.24, 2.45) is 0 Å². The Balaban J connectivity index is 1.77. The first-order valence-corrected chi connectivity index (χ1v) is 9.86. The number of hydrogen-bond donors (Lipinski definition) is 2. The van der Waals surface area contributed by atoms with Gasteiger partial charge in [-0.2, -0.15) is 5.26 Å². The van der Waals surface area contributed by atoms with E-state index in [4.69, 9.17) is 32.1 Å². The second kappa shape index (κ2) is 8.16. The minimum Gasteiger partial charge on any atom is -0.486 e. The number of halogens is 1. The number of hydrogen-bond acceptors (Lipinski definition) is 6. The van der Waals surface area contributed by atoms with E-state index < -0.39 is 5.60 Å². The van der Waals surface area contributed by atoms with E-state index in [2.05, 4.69) is 16.3 Å². The van der Waals surface area contributed by atoms with Crippen LogP contribution in [0.3, 0.4) is 0 Å². The molecule has 1 saturated heterocycles. The highest BCUT2D eigenvalue weighted by Gasteiger charge is 2.37. The molecule has 1 aromatic carbocycles. The lowest BCUT2D eigenvalue weighted by atomic mass is 9.97. The van der Waals surface area contributed by atoms with Gasteiger partial charge in [0.05, 0.1) is 34.5 Å². The van der Waals surface area contributed by atoms with Gasteiger partial charge >= 0.3 is 0 Å². The average Bonchev–Trinajstić information content (AvgIpc) is 2.99. The summed E-state index contributed by atoms with van der Waals surface area (Å²) in [6, 6.07) is 3.62. The molecular formula is C20H27ClN4O3. The molecule has 1 amide bonds. The summed E-state index contributed by atoms with van der Waals surface area (Å²) >= 11 is 6.28. The highest BCUT2D eigenvalue weighted by molar-refractivity contribution is 6.33. The smallest absolute Gasteiger partial charge is 0.255 e. The number of benzene rings is 1. The first-order chi connectivity index (χ1) is 13.3. The summed E-state index contributed by atoms with van der Waals surface area (Å²) in [5.74, 6) is 0.276. The first kappa shape index (κ1) is 20.7. The number of anilines is 1. The van der Waals surface area contributed by atoms with Crippen molar-refractivity contribution in [2.45, 2.75) is 50.9 Å². The Labute approximate surface area is 170 Å². The minimum atomic E-state index is -0.433. The molecule has 1 fully saturated rings. The molecular weight excluding hydrogens is 380 g/mol. The van der Waals surface area contributed by atoms with Crippen molar-refractivity contribution < 1.29 is 14.3 Å². The van der Waals surface area contributed by atoms with Gasteiger partial charge in [0.1, 0.15) is 11.4 Å². The van der Waals surface area contributed by atoms with Crippen LogP contribution in [-0.2, 0) is 11.2 Å². The molecule has 3 rings (SSSR count). The second-order valence-corrected chi connectivity index (χ2v) is 8.42. The van der Waals surface area contributed by atoms with Gasteiger partial charge in [0.25, 0.3) is 5.91 Å². The maximum absolute atomic E-state index is 13.1. The zero-order valence-corrected chi connectivity index (χ0v) is 17.3. The largest absolute Gasteiger partial charge is 0.486 e. The van der Waals surface area contributed by atoms with Crippen LogP contribution in [0.15, 0.2) is 6.07 Å². The summed E-state index contributed by atoms with van der Waals surface area (Å²) < 4.78 is 11.6. The van der Waals surface area contributed by atoms with E-state index in [-0.39, 0.29) is 18.1 Å². The summed E-state index contributed by atoms with van der Waals surface area (Å²) in [6.07, 6.45) is 1.68. The third kappa shape index (κ3) is 4.19. The lowest BCUT2D eigenvalue weighted by molar-refractivity contribution is 0.00701. The van der Waals surface area contributed by atoms with Gasteiger partial charge in [0.2, 0.25) is 0 Å². The molecule has 2 atom stereocenters. The normalized spacial score (nSPS) is 23.5. The van der Waals surface area contributed by atoms with Crippen molar-refractivity contribution >= 4 is 23.2 Å². The molecule has 3 N–H and O–H groups in total. The standard InChI is InChI=1S/C20H27ClN4O3/c1-20(2)10-13-17(23)14(21)9-12(18(13)28-20)19(26)24-15-5-8-25(7-4-6-22)11-16(15)27-3/h9,15-16H,4-5,7-8,10-11,23H2,1-3H3,(H,24,26). The molecule has 0 spiro atoms. The number of piperidine rings is 1. The van der Waals surface area contributed by atoms with Crippen LogP contribution in [0.4, 0.5) is 5.69 Å². The number of carbonyl (C=O) groups excluding carboxylic acids is 1. The van der Waals surface area contributed by atoms with E-state index >= 15 is 0 Å². The van der Waals surface area contributed by atoms with Gasteiger partial charge in [0.15, 0.2) is 0 Å². The molecule has 152 valence electrons. The van der Waals surface area contributed by atoms with Gasteiger partial charge in [-0.3, -0.25) is 9.69 Å². The molecule has 0 saturated carbocycles. The topological polar surface area (TPSA) is 101 Å². The number of nitrogens with two attached hydrogens (primary N) is 1. The van der Waals surface area contributed by atoms with E-state index in [0.29, 0.717) is 48.0 Å². The highest BCUT2D eigenvalue weighted by Crippen LogP contribution is 2.44. The van der Waals surface area contributed by atoms with Crippen LogP contribution in [0.25, 0.3) is 0 Å². The van der Waals surface area contributed by atoms with Crippen LogP contribution < -0.4 is 15.8 Å². The van der Waals surface area contributed by atoms with Crippen molar-refractivity contribution in [3.63, 3.8) is 0 Å². The number of rotatable bonds is 5. The van der Waals surface area contributed by atoms with E-state index in [1.807, 2.05) is 13.8 Å². The maximum atomic E-state index is 13.1. The molecule has 28 heavy (non-hydrogen) atoms. The van der Waals surface area contributed by atoms with Crippen LogP contribution in [-0.4, -0.2) is 55.3 Å². The summed E-state index contributed by atoms with van der Waals surface area (Å²) in [4.78, 5) is 15.2. The Morgan fingerprint density at radius 1 is 1.57 bits per heavy atom. The summed E-state index contributed by atoms with van der Waals surface area (Å²) in [5.41, 5.74) is 7.35. The fraction of sp³-hybridized carbons (Fsp3) is 0.600. The Bertz CT molecular complexity index is 806. The molecule has 2 unspecified atom stereocenters. The highest BCUT2D eigenvalue weighted by atomic mass is 35.5. The fourth-order valence-corrected chi connectivity index (χ4v) is 4.16. The molecule has 0 aromatic heterocycles. The number of amides is 1. The van der Waals surface area contributed by atoms with Crippen LogP contribution >= 0.6 is 11.6 Å². The molecule has 0 radical (unpaired) electrons. The Morgan fingerprint density at radius 3 is 3.00 bits per heavy atom. The zero-order valence-electron chi connectivity index (χ0n) is 16.5. The Kier molecular flexibility index (Phi) is 6.04. The summed E-state index contributed by atoms with van der Waals surface area (Å²) in [6.45, 7) is 6.10. The third-order valence-corrected chi connectivity index (χ3v) is 5.71. The van der Waals surface area contributed by atoms with Crippen LogP contribution in [0.2, 0.25) is 5.02 Å². The second-order valence-electron chi connectivity index (χ2n) is 8.02. The predicted molar refractivity (Wildman–Crippen MR) is 108 cm³/mol. The number of fused-ring (bicyclic) bond motifs is 1. The number of nitrogens with zero attached hydrogens (tertiary/aromatic N) is 2. The molecule has 1 aromatic rings. The SMILES string of the molecule is COC1CN(CCC#N)CCC1NC(=O)c1cc(Cl)c(N)c2c1OC(C)(C)C2. The van der Waals surface area contributed by atoms with Crippen LogP contribution in [0.1, 0.15) is 42.6 Å². The van der Waals surface area contributed by atoms with Crippen molar-refractivity contribution in [3.05, 3.63) is 22.2 Å². The molecule has 2 aliphatic heterocycles. The lowest BCUT2D eigenvalue weighted by Crippen LogP contribution is -2.54. The Hall–Kier alpha value is -2.01. The van der Waals surface area contributed by atoms with Gasteiger partial charge in [-0.1, -0.05) is 11.6 Å². The van der Waals surface area contributed by atoms with Gasteiger partial charge in [-0.05, 0) is 26.3 Å². The van der Waals surface area contributed by atoms with E-state index in [0.717, 1.165) is 18.5 Å².